The average Bonchev–Trinajstić information content (AvgIpc) is 2.41. The summed E-state index contributed by atoms with van der Waals surface area (Å²) in [6.07, 6.45) is 0. The molecule has 0 amide bonds. The summed E-state index contributed by atoms with van der Waals surface area (Å²) >= 11 is 0. The lowest BCUT2D eigenvalue weighted by molar-refractivity contribution is 0.0962. The highest BCUT2D eigenvalue weighted by atomic mass is 19.1. The summed E-state index contributed by atoms with van der Waals surface area (Å²) in [6, 6.07) is 15.0. The van der Waals surface area contributed by atoms with Crippen LogP contribution in [0.1, 0.15) is 21.8 Å². The third-order valence-corrected chi connectivity index (χ3v) is 2.86. The topological polar surface area (TPSA) is 43.1 Å². The molecule has 3 heteroatoms. The van der Waals surface area contributed by atoms with Gasteiger partial charge in [-0.1, -0.05) is 42.5 Å². The van der Waals surface area contributed by atoms with E-state index in [1.807, 2.05) is 30.3 Å². The highest BCUT2D eigenvalue weighted by Crippen LogP contribution is 2.20. The highest BCUT2D eigenvalue weighted by Gasteiger charge is 2.20. The lowest BCUT2D eigenvalue weighted by atomic mass is 9.91. The molecule has 2 nitrogen and oxygen atoms in total. The van der Waals surface area contributed by atoms with Crippen LogP contribution in [0.5, 0.6) is 0 Å². The van der Waals surface area contributed by atoms with Gasteiger partial charge in [0.05, 0.1) is 5.92 Å². The molecule has 0 fully saturated rings. The molecule has 0 radical (unpaired) electrons. The maximum atomic E-state index is 13.1. The fourth-order valence-corrected chi connectivity index (χ4v) is 1.92. The van der Waals surface area contributed by atoms with Crippen molar-refractivity contribution in [2.45, 2.75) is 5.92 Å². The molecule has 0 saturated carbocycles. The van der Waals surface area contributed by atoms with E-state index in [0.717, 1.165) is 5.56 Å². The molecule has 18 heavy (non-hydrogen) atoms. The number of carbonyl (C=O) groups excluding carboxylic acids is 1. The first-order chi connectivity index (χ1) is 8.72. The summed E-state index contributed by atoms with van der Waals surface area (Å²) in [7, 11) is 0. The molecule has 0 spiro atoms. The van der Waals surface area contributed by atoms with Crippen LogP contribution in [0.3, 0.4) is 0 Å². The Kier molecular flexibility index (Phi) is 3.85. The van der Waals surface area contributed by atoms with Crippen LogP contribution in [0.2, 0.25) is 0 Å². The number of hydrogen-bond acceptors (Lipinski definition) is 2. The van der Waals surface area contributed by atoms with Crippen LogP contribution < -0.4 is 5.73 Å². The van der Waals surface area contributed by atoms with Crippen molar-refractivity contribution < 1.29 is 9.18 Å². The van der Waals surface area contributed by atoms with Gasteiger partial charge < -0.3 is 5.73 Å². The van der Waals surface area contributed by atoms with E-state index in [-0.39, 0.29) is 12.3 Å². The molecule has 0 aliphatic carbocycles. The standard InChI is InChI=1S/C15H14FNO/c16-13-8-4-7-12(9-13)15(18)14(10-17)11-5-2-1-3-6-11/h1-9,14H,10,17H2. The molecule has 0 heterocycles. The summed E-state index contributed by atoms with van der Waals surface area (Å²) in [6.45, 7) is 0.208. The number of Topliss-reactive ketones (excluding diaryl/α,β-unsaturated/α-hetero) is 1. The lowest BCUT2D eigenvalue weighted by Crippen LogP contribution is -2.21. The lowest BCUT2D eigenvalue weighted by Gasteiger charge is -2.14. The number of ketones is 1. The Bertz CT molecular complexity index is 539. The molecular weight excluding hydrogens is 229 g/mol. The third-order valence-electron chi connectivity index (χ3n) is 2.86. The molecule has 92 valence electrons. The predicted molar refractivity (Wildman–Crippen MR) is 69.0 cm³/mol. The van der Waals surface area contributed by atoms with Crippen LogP contribution >= 0.6 is 0 Å². The van der Waals surface area contributed by atoms with Crippen molar-refractivity contribution in [1.82, 2.24) is 0 Å². The van der Waals surface area contributed by atoms with Crippen LogP contribution in [0.25, 0.3) is 0 Å². The van der Waals surface area contributed by atoms with Crippen molar-refractivity contribution >= 4 is 5.78 Å². The molecule has 1 unspecified atom stereocenters. The number of carbonyl (C=O) groups is 1. The van der Waals surface area contributed by atoms with Crippen LogP contribution in [0, 0.1) is 5.82 Å². The molecule has 0 aromatic heterocycles. The first kappa shape index (κ1) is 12.5. The van der Waals surface area contributed by atoms with Gasteiger partial charge in [-0.3, -0.25) is 4.79 Å². The van der Waals surface area contributed by atoms with E-state index in [1.54, 1.807) is 6.07 Å². The zero-order valence-electron chi connectivity index (χ0n) is 9.84. The van der Waals surface area contributed by atoms with Crippen molar-refractivity contribution in [2.75, 3.05) is 6.54 Å². The molecule has 0 aliphatic heterocycles. The minimum absolute atomic E-state index is 0.150. The van der Waals surface area contributed by atoms with E-state index >= 15 is 0 Å². The van der Waals surface area contributed by atoms with Gasteiger partial charge in [0.15, 0.2) is 5.78 Å². The van der Waals surface area contributed by atoms with Gasteiger partial charge in [-0.25, -0.2) is 4.39 Å². The zero-order valence-corrected chi connectivity index (χ0v) is 9.84. The van der Waals surface area contributed by atoms with Crippen molar-refractivity contribution in [3.8, 4) is 0 Å². The Labute approximate surface area is 105 Å². The molecule has 2 aromatic rings. The number of hydrogen-bond donors (Lipinski definition) is 1. The van der Waals surface area contributed by atoms with Gasteiger partial charge >= 0.3 is 0 Å². The quantitative estimate of drug-likeness (QED) is 0.839. The molecule has 2 aromatic carbocycles. The van der Waals surface area contributed by atoms with Gasteiger partial charge in [0.2, 0.25) is 0 Å². The summed E-state index contributed by atoms with van der Waals surface area (Å²) in [4.78, 5) is 12.3. The molecule has 0 saturated heterocycles. The van der Waals surface area contributed by atoms with Gasteiger partial charge in [-0.15, -0.1) is 0 Å². The molecular formula is C15H14FNO. The van der Waals surface area contributed by atoms with Gasteiger partial charge in [-0.2, -0.15) is 0 Å². The molecule has 0 bridgehead atoms. The summed E-state index contributed by atoms with van der Waals surface area (Å²) in [5.74, 6) is -0.985. The first-order valence-corrected chi connectivity index (χ1v) is 5.77. The Morgan fingerprint density at radius 3 is 2.44 bits per heavy atom. The number of halogens is 1. The van der Waals surface area contributed by atoms with E-state index in [1.165, 1.54) is 18.2 Å². The maximum absolute atomic E-state index is 13.1. The summed E-state index contributed by atoms with van der Waals surface area (Å²) in [5, 5.41) is 0. The highest BCUT2D eigenvalue weighted by molar-refractivity contribution is 6.01. The van der Waals surface area contributed by atoms with Crippen molar-refractivity contribution in [3.63, 3.8) is 0 Å². The first-order valence-electron chi connectivity index (χ1n) is 5.77. The van der Waals surface area contributed by atoms with Crippen molar-refractivity contribution in [3.05, 3.63) is 71.5 Å². The monoisotopic (exact) mass is 243 g/mol. The van der Waals surface area contributed by atoms with Crippen molar-refractivity contribution in [2.24, 2.45) is 5.73 Å². The van der Waals surface area contributed by atoms with Gasteiger partial charge in [0, 0.05) is 12.1 Å². The number of benzene rings is 2. The van der Waals surface area contributed by atoms with E-state index in [0.29, 0.717) is 5.56 Å². The third kappa shape index (κ3) is 2.63. The smallest absolute Gasteiger partial charge is 0.171 e. The summed E-state index contributed by atoms with van der Waals surface area (Å²) in [5.41, 5.74) is 6.88. The molecule has 0 aliphatic rings. The maximum Gasteiger partial charge on any atom is 0.171 e. The second kappa shape index (κ2) is 5.56. The summed E-state index contributed by atoms with van der Waals surface area (Å²) < 4.78 is 13.1. The Hall–Kier alpha value is -2.00. The van der Waals surface area contributed by atoms with E-state index in [2.05, 4.69) is 0 Å². The molecule has 2 rings (SSSR count). The van der Waals surface area contributed by atoms with Crippen LogP contribution in [0.4, 0.5) is 4.39 Å². The number of rotatable bonds is 4. The van der Waals surface area contributed by atoms with E-state index in [9.17, 15) is 9.18 Å². The van der Waals surface area contributed by atoms with Crippen LogP contribution in [-0.4, -0.2) is 12.3 Å². The minimum Gasteiger partial charge on any atom is -0.329 e. The average molecular weight is 243 g/mol. The Morgan fingerprint density at radius 1 is 1.11 bits per heavy atom. The van der Waals surface area contributed by atoms with Gasteiger partial charge in [0.1, 0.15) is 5.82 Å². The Morgan fingerprint density at radius 2 is 1.83 bits per heavy atom. The Balaban J connectivity index is 2.32. The fraction of sp³-hybridized carbons (Fsp3) is 0.133. The molecule has 1 atom stereocenters. The van der Waals surface area contributed by atoms with Gasteiger partial charge in [0.25, 0.3) is 0 Å². The predicted octanol–water partition coefficient (Wildman–Crippen LogP) is 2.75. The van der Waals surface area contributed by atoms with E-state index < -0.39 is 11.7 Å². The van der Waals surface area contributed by atoms with Crippen LogP contribution in [0.15, 0.2) is 54.6 Å². The number of nitrogens with two attached hydrogens (primary N) is 1. The zero-order chi connectivity index (χ0) is 13.0. The molecule has 2 N–H and O–H groups in total. The second-order valence-corrected chi connectivity index (χ2v) is 4.07. The minimum atomic E-state index is -0.423. The largest absolute Gasteiger partial charge is 0.329 e. The SMILES string of the molecule is NCC(C(=O)c1cccc(F)c1)c1ccccc1. The van der Waals surface area contributed by atoms with E-state index in [4.69, 9.17) is 5.73 Å². The van der Waals surface area contributed by atoms with Crippen molar-refractivity contribution in [1.29, 1.82) is 0 Å². The van der Waals surface area contributed by atoms with Crippen LogP contribution in [-0.2, 0) is 0 Å². The normalized spacial score (nSPS) is 12.1. The fourth-order valence-electron chi connectivity index (χ4n) is 1.92. The van der Waals surface area contributed by atoms with Gasteiger partial charge in [-0.05, 0) is 17.7 Å². The second-order valence-electron chi connectivity index (χ2n) is 4.07.